The predicted octanol–water partition coefficient (Wildman–Crippen LogP) is 1.18. The molecule has 1 N–H and O–H groups in total. The quantitative estimate of drug-likeness (QED) is 0.376. The van der Waals surface area contributed by atoms with Crippen LogP contribution in [0.5, 0.6) is 0 Å². The van der Waals surface area contributed by atoms with Crippen molar-refractivity contribution in [2.75, 3.05) is 6.54 Å². The summed E-state index contributed by atoms with van der Waals surface area (Å²) in [6.07, 6.45) is 1.69. The molecule has 94 valence electrons. The molecule has 1 rings (SSSR count). The van der Waals surface area contributed by atoms with E-state index in [1.165, 1.54) is 19.2 Å². The number of rotatable bonds is 3. The smallest absolute Gasteiger partial charge is 0.288 e. The number of hydrogen-bond acceptors (Lipinski definition) is 4. The summed E-state index contributed by atoms with van der Waals surface area (Å²) in [6.45, 7) is 3.63. The van der Waals surface area contributed by atoms with E-state index in [0.717, 1.165) is 0 Å². The minimum atomic E-state index is -0.505. The van der Waals surface area contributed by atoms with Gasteiger partial charge in [-0.05, 0) is 6.92 Å². The number of pyridine rings is 1. The van der Waals surface area contributed by atoms with Crippen LogP contribution >= 0.6 is 0 Å². The Morgan fingerprint density at radius 1 is 1.61 bits per heavy atom. The number of hydrogen-bond donors (Lipinski definition) is 1. The van der Waals surface area contributed by atoms with Gasteiger partial charge >= 0.3 is 0 Å². The summed E-state index contributed by atoms with van der Waals surface area (Å²) in [4.78, 5) is 24.6. The van der Waals surface area contributed by atoms with Crippen molar-refractivity contribution in [3.8, 4) is 11.8 Å². The van der Waals surface area contributed by atoms with Crippen LogP contribution in [0.2, 0.25) is 0 Å². The molecule has 6 nitrogen and oxygen atoms in total. The summed E-state index contributed by atoms with van der Waals surface area (Å²) < 4.78 is 0. The van der Waals surface area contributed by atoms with E-state index in [0.29, 0.717) is 24.2 Å². The van der Waals surface area contributed by atoms with Crippen molar-refractivity contribution in [1.29, 1.82) is 0 Å². The van der Waals surface area contributed by atoms with Crippen LogP contribution < -0.4 is 5.32 Å². The Bertz CT molecular complexity index is 529. The molecule has 1 aromatic rings. The molecule has 0 fully saturated rings. The normalized spacial score (nSPS) is 9.22. The van der Waals surface area contributed by atoms with Crippen molar-refractivity contribution in [2.24, 2.45) is 0 Å². The molecule has 0 atom stereocenters. The van der Waals surface area contributed by atoms with Crippen LogP contribution in [0.4, 0.5) is 5.69 Å². The summed E-state index contributed by atoms with van der Waals surface area (Å²) in [7, 11) is 0. The van der Waals surface area contributed by atoms with Gasteiger partial charge in [0.2, 0.25) is 5.91 Å². The Hall–Kier alpha value is -2.42. The number of carbonyl (C=O) groups is 1. The second-order valence-electron chi connectivity index (χ2n) is 3.62. The number of nitrogens with one attached hydrogen (secondary N) is 1. The first kappa shape index (κ1) is 13.6. The Kier molecular flexibility index (Phi) is 4.81. The molecular formula is C12H13N3O3. The number of amides is 1. The largest absolute Gasteiger partial charge is 0.355 e. The lowest BCUT2D eigenvalue weighted by molar-refractivity contribution is -0.385. The molecule has 0 aliphatic heterocycles. The molecule has 1 heterocycles. The highest BCUT2D eigenvalue weighted by Gasteiger charge is 2.07. The van der Waals surface area contributed by atoms with E-state index in [1.54, 1.807) is 6.92 Å². The van der Waals surface area contributed by atoms with Crippen molar-refractivity contribution in [3.05, 3.63) is 33.6 Å². The number of aromatic nitrogens is 1. The average molecular weight is 247 g/mol. The van der Waals surface area contributed by atoms with E-state index in [-0.39, 0.29) is 11.6 Å². The standard InChI is InChI=1S/C12H13N3O3/c1-9-11(5-3-4-6-13-10(2)16)7-12(8-14-9)15(17)18/h7-8H,4,6H2,1-2H3,(H,13,16). The van der Waals surface area contributed by atoms with Gasteiger partial charge < -0.3 is 5.32 Å². The molecule has 6 heteroatoms. The van der Waals surface area contributed by atoms with Crippen LogP contribution in [0.1, 0.15) is 24.6 Å². The maximum absolute atomic E-state index is 10.6. The summed E-state index contributed by atoms with van der Waals surface area (Å²) in [5.41, 5.74) is 1.10. The second-order valence-corrected chi connectivity index (χ2v) is 3.62. The molecule has 0 aliphatic carbocycles. The first-order valence-electron chi connectivity index (χ1n) is 5.35. The molecule has 0 spiro atoms. The SMILES string of the molecule is CC(=O)NCCC#Cc1cc([N+](=O)[O-])cnc1C. The molecule has 1 aromatic heterocycles. The lowest BCUT2D eigenvalue weighted by atomic mass is 10.2. The number of nitro groups is 1. The first-order chi connectivity index (χ1) is 8.50. The highest BCUT2D eigenvalue weighted by molar-refractivity contribution is 5.72. The summed E-state index contributed by atoms with van der Waals surface area (Å²) >= 11 is 0. The monoisotopic (exact) mass is 247 g/mol. The minimum absolute atomic E-state index is 0.0771. The maximum atomic E-state index is 10.6. The van der Waals surface area contributed by atoms with Crippen LogP contribution in [-0.2, 0) is 4.79 Å². The van der Waals surface area contributed by atoms with E-state index in [1.807, 2.05) is 0 Å². The Morgan fingerprint density at radius 3 is 2.94 bits per heavy atom. The van der Waals surface area contributed by atoms with Crippen molar-refractivity contribution in [2.45, 2.75) is 20.3 Å². The van der Waals surface area contributed by atoms with Gasteiger partial charge in [0.15, 0.2) is 0 Å². The molecule has 0 saturated carbocycles. The van der Waals surface area contributed by atoms with Gasteiger partial charge in [0.25, 0.3) is 5.69 Å². The molecule has 0 aromatic carbocycles. The molecule has 0 saturated heterocycles. The van der Waals surface area contributed by atoms with Crippen LogP contribution in [0, 0.1) is 28.9 Å². The third-order valence-electron chi connectivity index (χ3n) is 2.13. The topological polar surface area (TPSA) is 85.1 Å². The minimum Gasteiger partial charge on any atom is -0.355 e. The summed E-state index contributed by atoms with van der Waals surface area (Å²) in [5, 5.41) is 13.2. The fourth-order valence-electron chi connectivity index (χ4n) is 1.21. The van der Waals surface area contributed by atoms with Gasteiger partial charge in [-0.15, -0.1) is 0 Å². The zero-order chi connectivity index (χ0) is 13.5. The van der Waals surface area contributed by atoms with Gasteiger partial charge in [-0.3, -0.25) is 19.9 Å². The second kappa shape index (κ2) is 6.35. The summed E-state index contributed by atoms with van der Waals surface area (Å²) in [5.74, 6) is 5.54. The van der Waals surface area contributed by atoms with Gasteiger partial charge in [-0.25, -0.2) is 0 Å². The molecule has 0 bridgehead atoms. The van der Waals surface area contributed by atoms with Gasteiger partial charge in [-0.1, -0.05) is 11.8 Å². The third-order valence-corrected chi connectivity index (χ3v) is 2.13. The molecular weight excluding hydrogens is 234 g/mol. The highest BCUT2D eigenvalue weighted by atomic mass is 16.6. The third kappa shape index (κ3) is 4.22. The molecule has 0 radical (unpaired) electrons. The van der Waals surface area contributed by atoms with Gasteiger partial charge in [0.05, 0.1) is 16.2 Å². The molecule has 1 amide bonds. The van der Waals surface area contributed by atoms with Crippen molar-refractivity contribution >= 4 is 11.6 Å². The van der Waals surface area contributed by atoms with Gasteiger partial charge in [0, 0.05) is 26.0 Å². The van der Waals surface area contributed by atoms with E-state index in [2.05, 4.69) is 22.1 Å². The van der Waals surface area contributed by atoms with E-state index in [4.69, 9.17) is 0 Å². The number of nitrogens with zero attached hydrogens (tertiary/aromatic N) is 2. The predicted molar refractivity (Wildman–Crippen MR) is 65.8 cm³/mol. The van der Waals surface area contributed by atoms with E-state index in [9.17, 15) is 14.9 Å². The lowest BCUT2D eigenvalue weighted by Crippen LogP contribution is -2.20. The molecule has 0 unspecified atom stereocenters. The number of aryl methyl sites for hydroxylation is 1. The lowest BCUT2D eigenvalue weighted by Gasteiger charge is -1.97. The van der Waals surface area contributed by atoms with Crippen molar-refractivity contribution < 1.29 is 9.72 Å². The fourth-order valence-corrected chi connectivity index (χ4v) is 1.21. The van der Waals surface area contributed by atoms with Crippen LogP contribution in [0.15, 0.2) is 12.3 Å². The zero-order valence-corrected chi connectivity index (χ0v) is 10.2. The van der Waals surface area contributed by atoms with Crippen molar-refractivity contribution in [1.82, 2.24) is 10.3 Å². The van der Waals surface area contributed by atoms with Crippen LogP contribution in [0.3, 0.4) is 0 Å². The van der Waals surface area contributed by atoms with E-state index < -0.39 is 4.92 Å². The Morgan fingerprint density at radius 2 is 2.33 bits per heavy atom. The zero-order valence-electron chi connectivity index (χ0n) is 10.2. The molecule has 18 heavy (non-hydrogen) atoms. The van der Waals surface area contributed by atoms with Crippen LogP contribution in [-0.4, -0.2) is 22.4 Å². The maximum Gasteiger partial charge on any atom is 0.288 e. The van der Waals surface area contributed by atoms with Gasteiger partial charge in [-0.2, -0.15) is 0 Å². The first-order valence-corrected chi connectivity index (χ1v) is 5.35. The molecule has 0 aliphatic rings. The summed E-state index contributed by atoms with van der Waals surface area (Å²) in [6, 6.07) is 1.40. The van der Waals surface area contributed by atoms with Crippen LogP contribution in [0.25, 0.3) is 0 Å². The van der Waals surface area contributed by atoms with E-state index >= 15 is 0 Å². The fraction of sp³-hybridized carbons (Fsp3) is 0.333. The Labute approximate surface area is 105 Å². The van der Waals surface area contributed by atoms with Gasteiger partial charge in [0.1, 0.15) is 6.20 Å². The average Bonchev–Trinajstić information content (AvgIpc) is 2.30. The highest BCUT2D eigenvalue weighted by Crippen LogP contribution is 2.13. The Balaban J connectivity index is 2.71. The number of carbonyl (C=O) groups excluding carboxylic acids is 1. The van der Waals surface area contributed by atoms with Crippen molar-refractivity contribution in [3.63, 3.8) is 0 Å².